The summed E-state index contributed by atoms with van der Waals surface area (Å²) in [5.74, 6) is 0.656. The number of aromatic amines is 1. The van der Waals surface area contributed by atoms with E-state index in [4.69, 9.17) is 22.1 Å². The van der Waals surface area contributed by atoms with E-state index in [9.17, 15) is 0 Å². The summed E-state index contributed by atoms with van der Waals surface area (Å²) in [5.41, 5.74) is 8.42. The van der Waals surface area contributed by atoms with Crippen LogP contribution < -0.4 is 10.5 Å². The van der Waals surface area contributed by atoms with E-state index in [-0.39, 0.29) is 0 Å². The van der Waals surface area contributed by atoms with Gasteiger partial charge in [-0.15, -0.1) is 0 Å². The fourth-order valence-electron chi connectivity index (χ4n) is 1.55. The maximum Gasteiger partial charge on any atom is 0.137 e. The number of ether oxygens (including phenoxy) is 1. The third kappa shape index (κ3) is 1.89. The summed E-state index contributed by atoms with van der Waals surface area (Å²) >= 11 is 6.06. The average Bonchev–Trinajstić information content (AvgIpc) is 2.77. The van der Waals surface area contributed by atoms with E-state index in [0.717, 1.165) is 16.8 Å². The molecular weight excluding hydrogens is 226 g/mol. The van der Waals surface area contributed by atoms with Gasteiger partial charge in [-0.2, -0.15) is 5.10 Å². The minimum Gasteiger partial charge on any atom is -0.495 e. The molecule has 0 aliphatic carbocycles. The molecule has 0 fully saturated rings. The Morgan fingerprint density at radius 3 is 2.94 bits per heavy atom. The Labute approximate surface area is 98.4 Å². The number of hydrogen-bond acceptors (Lipinski definition) is 3. The largest absolute Gasteiger partial charge is 0.495 e. The highest BCUT2D eigenvalue weighted by Gasteiger charge is 2.08. The van der Waals surface area contributed by atoms with Crippen LogP contribution in [0.2, 0.25) is 5.02 Å². The van der Waals surface area contributed by atoms with Gasteiger partial charge >= 0.3 is 0 Å². The highest BCUT2D eigenvalue weighted by atomic mass is 35.5. The van der Waals surface area contributed by atoms with Gasteiger partial charge in [0.05, 0.1) is 24.0 Å². The topological polar surface area (TPSA) is 63.9 Å². The monoisotopic (exact) mass is 237 g/mol. The fraction of sp³-hybridized carbons (Fsp3) is 0.182. The highest BCUT2D eigenvalue weighted by molar-refractivity contribution is 6.32. The van der Waals surface area contributed by atoms with E-state index < -0.39 is 0 Å². The lowest BCUT2D eigenvalue weighted by molar-refractivity contribution is 0.415. The van der Waals surface area contributed by atoms with Gasteiger partial charge < -0.3 is 10.5 Å². The molecule has 0 unspecified atom stereocenters. The first-order valence-electron chi connectivity index (χ1n) is 4.82. The number of nitrogens with one attached hydrogen (secondary N) is 1. The molecule has 2 rings (SSSR count). The van der Waals surface area contributed by atoms with E-state index in [1.807, 2.05) is 18.2 Å². The van der Waals surface area contributed by atoms with Crippen LogP contribution in [0, 0.1) is 0 Å². The van der Waals surface area contributed by atoms with Gasteiger partial charge in [0.2, 0.25) is 0 Å². The van der Waals surface area contributed by atoms with Crippen molar-refractivity contribution in [2.24, 2.45) is 5.73 Å². The normalized spacial score (nSPS) is 10.4. The van der Waals surface area contributed by atoms with Crippen LogP contribution in [0.1, 0.15) is 5.69 Å². The molecule has 4 nitrogen and oxygen atoms in total. The van der Waals surface area contributed by atoms with Crippen molar-refractivity contribution in [1.82, 2.24) is 10.2 Å². The predicted octanol–water partition coefficient (Wildman–Crippen LogP) is 2.20. The third-order valence-electron chi connectivity index (χ3n) is 2.39. The third-order valence-corrected chi connectivity index (χ3v) is 2.68. The first-order valence-corrected chi connectivity index (χ1v) is 5.20. The van der Waals surface area contributed by atoms with Gasteiger partial charge in [-0.25, -0.2) is 0 Å². The molecule has 1 aromatic carbocycles. The molecule has 0 amide bonds. The van der Waals surface area contributed by atoms with E-state index >= 15 is 0 Å². The summed E-state index contributed by atoms with van der Waals surface area (Å²) in [4.78, 5) is 0. The van der Waals surface area contributed by atoms with Crippen LogP contribution in [0.15, 0.2) is 24.4 Å². The number of benzene rings is 1. The van der Waals surface area contributed by atoms with E-state index in [2.05, 4.69) is 10.2 Å². The van der Waals surface area contributed by atoms with Crippen molar-refractivity contribution in [3.8, 4) is 16.9 Å². The molecule has 0 atom stereocenters. The molecule has 3 N–H and O–H groups in total. The van der Waals surface area contributed by atoms with Crippen molar-refractivity contribution in [1.29, 1.82) is 0 Å². The average molecular weight is 238 g/mol. The number of halogens is 1. The molecule has 0 spiro atoms. The number of nitrogens with two attached hydrogens (primary N) is 1. The van der Waals surface area contributed by atoms with Gasteiger partial charge in [0.25, 0.3) is 0 Å². The first-order chi connectivity index (χ1) is 7.76. The number of nitrogens with zero attached hydrogens (tertiary/aromatic N) is 1. The van der Waals surface area contributed by atoms with Crippen LogP contribution >= 0.6 is 11.6 Å². The summed E-state index contributed by atoms with van der Waals surface area (Å²) in [5, 5.41) is 7.39. The molecular formula is C11H12ClN3O. The Balaban J connectivity index is 2.45. The Morgan fingerprint density at radius 2 is 2.31 bits per heavy atom. The SMILES string of the molecule is COc1ccc(-c2cn[nH]c2CN)cc1Cl. The second-order valence-corrected chi connectivity index (χ2v) is 3.72. The van der Waals surface area contributed by atoms with Crippen molar-refractivity contribution in [3.05, 3.63) is 35.1 Å². The fourth-order valence-corrected chi connectivity index (χ4v) is 1.81. The molecule has 16 heavy (non-hydrogen) atoms. The quantitative estimate of drug-likeness (QED) is 0.860. The zero-order valence-electron chi connectivity index (χ0n) is 8.83. The Kier molecular flexibility index (Phi) is 3.12. The highest BCUT2D eigenvalue weighted by Crippen LogP contribution is 2.30. The van der Waals surface area contributed by atoms with Gasteiger partial charge in [0.1, 0.15) is 5.75 Å². The van der Waals surface area contributed by atoms with Gasteiger partial charge in [-0.3, -0.25) is 5.10 Å². The van der Waals surface area contributed by atoms with Crippen LogP contribution in [-0.4, -0.2) is 17.3 Å². The molecule has 84 valence electrons. The van der Waals surface area contributed by atoms with Gasteiger partial charge in [-0.1, -0.05) is 17.7 Å². The van der Waals surface area contributed by atoms with Gasteiger partial charge in [0, 0.05) is 12.1 Å². The van der Waals surface area contributed by atoms with Crippen molar-refractivity contribution in [2.75, 3.05) is 7.11 Å². The minimum absolute atomic E-state index is 0.416. The second-order valence-electron chi connectivity index (χ2n) is 3.32. The number of methoxy groups -OCH3 is 1. The maximum absolute atomic E-state index is 6.06. The summed E-state index contributed by atoms with van der Waals surface area (Å²) < 4.78 is 5.09. The summed E-state index contributed by atoms with van der Waals surface area (Å²) in [6, 6.07) is 5.59. The predicted molar refractivity (Wildman–Crippen MR) is 63.5 cm³/mol. The van der Waals surface area contributed by atoms with Crippen LogP contribution in [-0.2, 0) is 6.54 Å². The second kappa shape index (κ2) is 4.55. The molecule has 0 aliphatic rings. The minimum atomic E-state index is 0.416. The zero-order valence-corrected chi connectivity index (χ0v) is 9.58. The first kappa shape index (κ1) is 11.0. The molecule has 0 radical (unpaired) electrons. The summed E-state index contributed by atoms with van der Waals surface area (Å²) in [6.45, 7) is 0.416. The molecule has 0 bridgehead atoms. The molecule has 0 saturated heterocycles. The van der Waals surface area contributed by atoms with Crippen molar-refractivity contribution >= 4 is 11.6 Å². The van der Waals surface area contributed by atoms with E-state index in [0.29, 0.717) is 17.3 Å². The number of H-pyrrole nitrogens is 1. The lowest BCUT2D eigenvalue weighted by atomic mass is 10.1. The van der Waals surface area contributed by atoms with Crippen molar-refractivity contribution < 1.29 is 4.74 Å². The van der Waals surface area contributed by atoms with Crippen LogP contribution in [0.5, 0.6) is 5.75 Å². The molecule has 0 aliphatic heterocycles. The molecule has 1 aromatic heterocycles. The zero-order chi connectivity index (χ0) is 11.5. The van der Waals surface area contributed by atoms with Crippen molar-refractivity contribution in [3.63, 3.8) is 0 Å². The lowest BCUT2D eigenvalue weighted by Crippen LogP contribution is -1.98. The summed E-state index contributed by atoms with van der Waals surface area (Å²) in [7, 11) is 1.59. The standard InChI is InChI=1S/C11H12ClN3O/c1-16-11-3-2-7(4-9(11)12)8-6-14-15-10(8)5-13/h2-4,6H,5,13H2,1H3,(H,14,15). The van der Waals surface area contributed by atoms with E-state index in [1.54, 1.807) is 13.3 Å². The number of rotatable bonds is 3. The van der Waals surface area contributed by atoms with E-state index in [1.165, 1.54) is 0 Å². The molecule has 1 heterocycles. The Bertz CT molecular complexity index is 496. The van der Waals surface area contributed by atoms with Crippen LogP contribution in [0.25, 0.3) is 11.1 Å². The van der Waals surface area contributed by atoms with Gasteiger partial charge in [-0.05, 0) is 17.7 Å². The summed E-state index contributed by atoms with van der Waals surface area (Å²) in [6.07, 6.45) is 1.74. The number of aromatic nitrogens is 2. The smallest absolute Gasteiger partial charge is 0.137 e. The molecule has 2 aromatic rings. The van der Waals surface area contributed by atoms with Crippen LogP contribution in [0.4, 0.5) is 0 Å². The Hall–Kier alpha value is -1.52. The number of hydrogen-bond donors (Lipinski definition) is 2. The lowest BCUT2D eigenvalue weighted by Gasteiger charge is -2.05. The van der Waals surface area contributed by atoms with Crippen molar-refractivity contribution in [2.45, 2.75) is 6.54 Å². The molecule has 5 heteroatoms. The molecule has 0 saturated carbocycles. The van der Waals surface area contributed by atoms with Gasteiger partial charge in [0.15, 0.2) is 0 Å². The van der Waals surface area contributed by atoms with Crippen LogP contribution in [0.3, 0.4) is 0 Å². The maximum atomic E-state index is 6.06. The Morgan fingerprint density at radius 1 is 1.50 bits per heavy atom.